The molecule has 1 aliphatic rings. The van der Waals surface area contributed by atoms with Crippen LogP contribution in [0.3, 0.4) is 0 Å². The Morgan fingerprint density at radius 3 is 2.82 bits per heavy atom. The highest BCUT2D eigenvalue weighted by atomic mass is 16.6. The van der Waals surface area contributed by atoms with Crippen molar-refractivity contribution in [3.05, 3.63) is 15.8 Å². The molecular weight excluding hydrogens is 220 g/mol. The first-order valence-corrected chi connectivity index (χ1v) is 6.07. The van der Waals surface area contributed by atoms with E-state index in [1.54, 1.807) is 11.7 Å². The van der Waals surface area contributed by atoms with Gasteiger partial charge in [0.05, 0.1) is 4.92 Å². The third-order valence-electron chi connectivity index (χ3n) is 3.15. The van der Waals surface area contributed by atoms with Gasteiger partial charge in [0.2, 0.25) is 5.82 Å². The highest BCUT2D eigenvalue weighted by Gasteiger charge is 2.26. The van der Waals surface area contributed by atoms with Crippen molar-refractivity contribution >= 4 is 11.5 Å². The van der Waals surface area contributed by atoms with Crippen LogP contribution in [0.15, 0.2) is 0 Å². The SMILES string of the molecule is CCc1nn(C)c(NCCC2CC2)c1[N+](=O)[O-]. The Morgan fingerprint density at radius 2 is 2.29 bits per heavy atom. The third-order valence-corrected chi connectivity index (χ3v) is 3.15. The number of nitro groups is 1. The zero-order valence-electron chi connectivity index (χ0n) is 10.3. The minimum atomic E-state index is -0.342. The average molecular weight is 238 g/mol. The van der Waals surface area contributed by atoms with Gasteiger partial charge in [-0.2, -0.15) is 5.10 Å². The van der Waals surface area contributed by atoms with Crippen molar-refractivity contribution < 1.29 is 4.92 Å². The van der Waals surface area contributed by atoms with E-state index in [-0.39, 0.29) is 10.6 Å². The average Bonchev–Trinajstić information content (AvgIpc) is 3.03. The highest BCUT2D eigenvalue weighted by Crippen LogP contribution is 2.33. The van der Waals surface area contributed by atoms with E-state index in [9.17, 15) is 10.1 Å². The van der Waals surface area contributed by atoms with Crippen LogP contribution in [0.25, 0.3) is 0 Å². The lowest BCUT2D eigenvalue weighted by Gasteiger charge is -2.04. The van der Waals surface area contributed by atoms with Crippen LogP contribution < -0.4 is 5.32 Å². The molecule has 1 saturated carbocycles. The summed E-state index contributed by atoms with van der Waals surface area (Å²) in [6.07, 6.45) is 4.27. The number of anilines is 1. The van der Waals surface area contributed by atoms with E-state index in [1.807, 2.05) is 6.92 Å². The van der Waals surface area contributed by atoms with Gasteiger partial charge in [-0.1, -0.05) is 19.8 Å². The van der Waals surface area contributed by atoms with Crippen LogP contribution in [0.4, 0.5) is 11.5 Å². The summed E-state index contributed by atoms with van der Waals surface area (Å²) in [4.78, 5) is 10.7. The standard InChI is InChI=1S/C11H18N4O2/c1-3-9-10(15(16)17)11(14(2)13-9)12-7-6-8-4-5-8/h8,12H,3-7H2,1-2H3. The number of nitrogens with zero attached hydrogens (tertiary/aromatic N) is 3. The Hall–Kier alpha value is -1.59. The van der Waals surface area contributed by atoms with Gasteiger partial charge < -0.3 is 5.32 Å². The quantitative estimate of drug-likeness (QED) is 0.608. The molecule has 0 atom stereocenters. The van der Waals surface area contributed by atoms with Crippen molar-refractivity contribution in [2.24, 2.45) is 13.0 Å². The van der Waals surface area contributed by atoms with Crippen LogP contribution in [0.2, 0.25) is 0 Å². The molecule has 6 heteroatoms. The summed E-state index contributed by atoms with van der Waals surface area (Å²) in [6, 6.07) is 0. The summed E-state index contributed by atoms with van der Waals surface area (Å²) in [5.41, 5.74) is 0.678. The summed E-state index contributed by atoms with van der Waals surface area (Å²) >= 11 is 0. The van der Waals surface area contributed by atoms with Gasteiger partial charge in [0, 0.05) is 13.6 Å². The largest absolute Gasteiger partial charge is 0.365 e. The van der Waals surface area contributed by atoms with E-state index in [1.165, 1.54) is 12.8 Å². The Bertz CT molecular complexity index is 423. The van der Waals surface area contributed by atoms with Crippen LogP contribution >= 0.6 is 0 Å². The molecule has 1 heterocycles. The molecule has 1 N–H and O–H groups in total. The van der Waals surface area contributed by atoms with Crippen LogP contribution in [0, 0.1) is 16.0 Å². The molecule has 0 aromatic carbocycles. The lowest BCUT2D eigenvalue weighted by molar-refractivity contribution is -0.384. The zero-order valence-corrected chi connectivity index (χ0v) is 10.3. The maximum absolute atomic E-state index is 11.0. The molecule has 0 unspecified atom stereocenters. The van der Waals surface area contributed by atoms with Gasteiger partial charge in [-0.15, -0.1) is 0 Å². The number of aromatic nitrogens is 2. The summed E-state index contributed by atoms with van der Waals surface area (Å²) in [6.45, 7) is 2.66. The van der Waals surface area contributed by atoms with Gasteiger partial charge in [0.1, 0.15) is 5.69 Å². The number of rotatable bonds is 6. The van der Waals surface area contributed by atoms with Crippen molar-refractivity contribution in [1.29, 1.82) is 0 Å². The molecule has 2 rings (SSSR count). The van der Waals surface area contributed by atoms with Crippen LogP contribution in [-0.2, 0) is 13.5 Å². The maximum Gasteiger partial charge on any atom is 0.333 e. The number of aryl methyl sites for hydroxylation is 2. The molecule has 94 valence electrons. The van der Waals surface area contributed by atoms with Gasteiger partial charge in [-0.3, -0.25) is 10.1 Å². The fourth-order valence-electron chi connectivity index (χ4n) is 2.00. The van der Waals surface area contributed by atoms with Crippen molar-refractivity contribution in [3.63, 3.8) is 0 Å². The molecule has 0 bridgehead atoms. The summed E-state index contributed by atoms with van der Waals surface area (Å²) in [5.74, 6) is 1.35. The van der Waals surface area contributed by atoms with E-state index < -0.39 is 0 Å². The molecule has 0 radical (unpaired) electrons. The van der Waals surface area contributed by atoms with Crippen molar-refractivity contribution in [2.45, 2.75) is 32.6 Å². The van der Waals surface area contributed by atoms with Gasteiger partial charge in [0.15, 0.2) is 0 Å². The van der Waals surface area contributed by atoms with Gasteiger partial charge in [-0.25, -0.2) is 4.68 Å². The van der Waals surface area contributed by atoms with Crippen LogP contribution in [-0.4, -0.2) is 21.2 Å². The lowest BCUT2D eigenvalue weighted by Crippen LogP contribution is -2.08. The van der Waals surface area contributed by atoms with E-state index >= 15 is 0 Å². The molecular formula is C11H18N4O2. The second-order valence-electron chi connectivity index (χ2n) is 4.54. The maximum atomic E-state index is 11.0. The minimum Gasteiger partial charge on any atom is -0.365 e. The minimum absolute atomic E-state index is 0.130. The summed E-state index contributed by atoms with van der Waals surface area (Å²) < 4.78 is 1.57. The number of hydrogen-bond acceptors (Lipinski definition) is 4. The van der Waals surface area contributed by atoms with Gasteiger partial charge in [0.25, 0.3) is 0 Å². The third kappa shape index (κ3) is 2.57. The van der Waals surface area contributed by atoms with Crippen LogP contribution in [0.1, 0.15) is 31.9 Å². The van der Waals surface area contributed by atoms with Crippen molar-refractivity contribution in [3.8, 4) is 0 Å². The van der Waals surface area contributed by atoms with E-state index in [0.717, 1.165) is 18.9 Å². The summed E-state index contributed by atoms with van der Waals surface area (Å²) in [5, 5.41) is 18.4. The highest BCUT2D eigenvalue weighted by molar-refractivity contribution is 5.59. The summed E-state index contributed by atoms with van der Waals surface area (Å²) in [7, 11) is 1.74. The molecule has 1 fully saturated rings. The predicted octanol–water partition coefficient (Wildman–Crippen LogP) is 2.10. The molecule has 0 saturated heterocycles. The van der Waals surface area contributed by atoms with E-state index in [0.29, 0.717) is 17.9 Å². The van der Waals surface area contributed by atoms with Crippen molar-refractivity contribution in [1.82, 2.24) is 9.78 Å². The lowest BCUT2D eigenvalue weighted by atomic mass is 10.2. The molecule has 1 aromatic heterocycles. The van der Waals surface area contributed by atoms with Crippen LogP contribution in [0.5, 0.6) is 0 Å². The Balaban J connectivity index is 2.11. The first-order valence-electron chi connectivity index (χ1n) is 6.07. The van der Waals surface area contributed by atoms with Gasteiger partial charge in [-0.05, 0) is 18.8 Å². The smallest absolute Gasteiger partial charge is 0.333 e. The molecule has 1 aliphatic carbocycles. The normalized spacial score (nSPS) is 14.9. The molecule has 17 heavy (non-hydrogen) atoms. The first kappa shape index (κ1) is 11.9. The molecule has 0 spiro atoms. The van der Waals surface area contributed by atoms with E-state index in [4.69, 9.17) is 0 Å². The fourth-order valence-corrected chi connectivity index (χ4v) is 2.00. The topological polar surface area (TPSA) is 73.0 Å². The fraction of sp³-hybridized carbons (Fsp3) is 0.727. The monoisotopic (exact) mass is 238 g/mol. The molecule has 0 aliphatic heterocycles. The van der Waals surface area contributed by atoms with Gasteiger partial charge >= 0.3 is 5.69 Å². The Morgan fingerprint density at radius 1 is 1.59 bits per heavy atom. The second-order valence-corrected chi connectivity index (χ2v) is 4.54. The number of hydrogen-bond donors (Lipinski definition) is 1. The predicted molar refractivity (Wildman–Crippen MR) is 65.1 cm³/mol. The molecule has 6 nitrogen and oxygen atoms in total. The molecule has 0 amide bonds. The van der Waals surface area contributed by atoms with Crippen molar-refractivity contribution in [2.75, 3.05) is 11.9 Å². The number of nitrogens with one attached hydrogen (secondary N) is 1. The Labute approximate surface area is 100 Å². The molecule has 1 aromatic rings. The zero-order chi connectivity index (χ0) is 12.4. The first-order chi connectivity index (χ1) is 8.13. The Kier molecular flexibility index (Phi) is 3.31. The van der Waals surface area contributed by atoms with E-state index in [2.05, 4.69) is 10.4 Å². The second kappa shape index (κ2) is 4.73.